The Kier molecular flexibility index (Phi) is 9.46. The van der Waals surface area contributed by atoms with E-state index in [1.807, 2.05) is 20.8 Å². The van der Waals surface area contributed by atoms with E-state index in [1.54, 1.807) is 28.8 Å². The van der Waals surface area contributed by atoms with Crippen LogP contribution in [0.25, 0.3) is 16.6 Å². The summed E-state index contributed by atoms with van der Waals surface area (Å²) in [4.78, 5) is 37.8. The molecule has 2 heterocycles. The van der Waals surface area contributed by atoms with Gasteiger partial charge in [-0.15, -0.1) is 0 Å². The highest BCUT2D eigenvalue weighted by molar-refractivity contribution is 6.02. The molecule has 11 nitrogen and oxygen atoms in total. The highest BCUT2D eigenvalue weighted by Gasteiger charge is 2.18. The lowest BCUT2D eigenvalue weighted by molar-refractivity contribution is 0.102. The van der Waals surface area contributed by atoms with Crippen LogP contribution in [0.5, 0.6) is 17.4 Å². The minimum Gasteiger partial charge on any atom is -0.489 e. The van der Waals surface area contributed by atoms with E-state index in [4.69, 9.17) is 9.47 Å². The summed E-state index contributed by atoms with van der Waals surface area (Å²) in [5.74, 6) is -1.40. The lowest BCUT2D eigenvalue weighted by Gasteiger charge is -2.17. The molecule has 45 heavy (non-hydrogen) atoms. The Morgan fingerprint density at radius 2 is 1.76 bits per heavy atom. The first-order valence-corrected chi connectivity index (χ1v) is 14.3. The van der Waals surface area contributed by atoms with Crippen LogP contribution in [0.4, 0.5) is 25.0 Å². The van der Waals surface area contributed by atoms with Crippen molar-refractivity contribution in [3.63, 3.8) is 0 Å². The Morgan fingerprint density at radius 3 is 2.49 bits per heavy atom. The number of hydrogen-bond donors (Lipinski definition) is 3. The van der Waals surface area contributed by atoms with E-state index >= 15 is 4.39 Å². The molecular formula is C32H31F2N7O4. The number of rotatable bonds is 11. The molecular weight excluding hydrogens is 584 g/mol. The number of unbranched alkanes of at least 4 members (excludes halogenated alkanes) is 1. The fourth-order valence-electron chi connectivity index (χ4n) is 4.29. The van der Waals surface area contributed by atoms with Gasteiger partial charge in [0, 0.05) is 36.2 Å². The van der Waals surface area contributed by atoms with E-state index in [1.165, 1.54) is 43.1 Å². The summed E-state index contributed by atoms with van der Waals surface area (Å²) in [5, 5.41) is 8.61. The van der Waals surface area contributed by atoms with E-state index in [2.05, 4.69) is 30.9 Å². The molecule has 0 radical (unpaired) electrons. The van der Waals surface area contributed by atoms with Gasteiger partial charge >= 0.3 is 6.03 Å². The summed E-state index contributed by atoms with van der Waals surface area (Å²) in [5.41, 5.74) is 1.69. The molecule has 13 heteroatoms. The van der Waals surface area contributed by atoms with E-state index in [0.29, 0.717) is 34.6 Å². The zero-order chi connectivity index (χ0) is 31.9. The summed E-state index contributed by atoms with van der Waals surface area (Å²) >= 11 is 0. The predicted molar refractivity (Wildman–Crippen MR) is 165 cm³/mol. The Balaban J connectivity index is 1.34. The zero-order valence-electron chi connectivity index (χ0n) is 24.8. The number of nitrogens with zero attached hydrogens (tertiary/aromatic N) is 4. The van der Waals surface area contributed by atoms with Gasteiger partial charge in [0.15, 0.2) is 11.6 Å². The van der Waals surface area contributed by atoms with E-state index in [0.717, 1.165) is 18.9 Å². The van der Waals surface area contributed by atoms with Crippen LogP contribution < -0.4 is 25.4 Å². The fourth-order valence-corrected chi connectivity index (χ4v) is 4.29. The highest BCUT2D eigenvalue weighted by Crippen LogP contribution is 2.36. The van der Waals surface area contributed by atoms with Crippen LogP contribution in [0.1, 0.15) is 44.1 Å². The Bertz CT molecular complexity index is 1830. The number of fused-ring (bicyclic) bond motifs is 1. The Hall–Kier alpha value is -5.59. The summed E-state index contributed by atoms with van der Waals surface area (Å²) in [7, 11) is 0. The lowest BCUT2D eigenvalue weighted by atomic mass is 10.2. The maximum atomic E-state index is 15.2. The first-order chi connectivity index (χ1) is 21.7. The Morgan fingerprint density at radius 1 is 0.956 bits per heavy atom. The van der Waals surface area contributed by atoms with Gasteiger partial charge in [0.1, 0.15) is 29.9 Å². The second kappa shape index (κ2) is 13.8. The van der Waals surface area contributed by atoms with Crippen molar-refractivity contribution in [2.45, 2.75) is 39.7 Å². The first kappa shape index (κ1) is 30.9. The van der Waals surface area contributed by atoms with Gasteiger partial charge in [-0.3, -0.25) is 4.79 Å². The zero-order valence-corrected chi connectivity index (χ0v) is 24.8. The van der Waals surface area contributed by atoms with Gasteiger partial charge in [0.25, 0.3) is 5.91 Å². The summed E-state index contributed by atoms with van der Waals surface area (Å²) in [6, 6.07) is 12.5. The number of halogens is 2. The first-order valence-electron chi connectivity index (χ1n) is 14.3. The van der Waals surface area contributed by atoms with Crippen LogP contribution in [0.2, 0.25) is 0 Å². The third-order valence-corrected chi connectivity index (χ3v) is 6.46. The molecule has 0 aliphatic rings. The predicted octanol–water partition coefficient (Wildman–Crippen LogP) is 6.85. The highest BCUT2D eigenvalue weighted by atomic mass is 19.1. The average Bonchev–Trinajstić information content (AvgIpc) is 3.50. The van der Waals surface area contributed by atoms with Crippen molar-refractivity contribution in [2.24, 2.45) is 0 Å². The molecule has 5 rings (SSSR count). The van der Waals surface area contributed by atoms with Crippen LogP contribution in [-0.4, -0.2) is 44.1 Å². The maximum Gasteiger partial charge on any atom is 0.319 e. The number of benzene rings is 3. The van der Waals surface area contributed by atoms with Crippen molar-refractivity contribution in [3.8, 4) is 23.1 Å². The van der Waals surface area contributed by atoms with Crippen molar-refractivity contribution >= 4 is 34.2 Å². The average molecular weight is 616 g/mol. The summed E-state index contributed by atoms with van der Waals surface area (Å²) < 4.78 is 41.7. The number of ether oxygens (including phenoxy) is 2. The van der Waals surface area contributed by atoms with Crippen molar-refractivity contribution in [1.82, 2.24) is 24.8 Å². The number of aromatic nitrogens is 4. The molecule has 0 saturated carbocycles. The van der Waals surface area contributed by atoms with Crippen molar-refractivity contribution in [2.75, 3.05) is 17.2 Å². The topological polar surface area (TPSA) is 132 Å². The molecule has 232 valence electrons. The second-order valence-electron chi connectivity index (χ2n) is 10.3. The van der Waals surface area contributed by atoms with Gasteiger partial charge in [0.2, 0.25) is 5.88 Å². The van der Waals surface area contributed by atoms with Crippen molar-refractivity contribution in [1.29, 1.82) is 0 Å². The maximum absolute atomic E-state index is 15.2. The van der Waals surface area contributed by atoms with Crippen LogP contribution in [0.15, 0.2) is 73.4 Å². The molecule has 0 saturated heterocycles. The Labute approximate surface area is 257 Å². The van der Waals surface area contributed by atoms with Crippen LogP contribution in [-0.2, 0) is 0 Å². The van der Waals surface area contributed by atoms with Crippen molar-refractivity contribution < 1.29 is 27.8 Å². The van der Waals surface area contributed by atoms with Crippen LogP contribution >= 0.6 is 0 Å². The molecule has 3 aromatic carbocycles. The van der Waals surface area contributed by atoms with Gasteiger partial charge in [0.05, 0.1) is 22.7 Å². The fraction of sp³-hybridized carbons (Fsp3) is 0.219. The van der Waals surface area contributed by atoms with Gasteiger partial charge in [-0.2, -0.15) is 0 Å². The quantitative estimate of drug-likeness (QED) is 0.139. The molecule has 5 aromatic rings. The number of carbonyl (C=O) groups is 2. The minimum absolute atomic E-state index is 0.0487. The number of anilines is 2. The molecule has 0 spiro atoms. The second-order valence-corrected chi connectivity index (χ2v) is 10.3. The molecule has 0 atom stereocenters. The molecule has 0 unspecified atom stereocenters. The number of imidazole rings is 1. The SMILES string of the molecule is CCCCNC(=O)Nc1cc2c(Oc3ccc(NC(=O)c4cn(-c5ccc(F)cc5)cn4)cc3F)ncnc2cc1OC(C)C. The normalized spacial score (nSPS) is 11.0. The van der Waals surface area contributed by atoms with E-state index in [-0.39, 0.29) is 34.9 Å². The van der Waals surface area contributed by atoms with Gasteiger partial charge < -0.3 is 30.0 Å². The summed E-state index contributed by atoms with van der Waals surface area (Å²) in [6.07, 6.45) is 5.77. The van der Waals surface area contributed by atoms with Gasteiger partial charge in [-0.05, 0) is 62.7 Å². The molecule has 2 aromatic heterocycles. The largest absolute Gasteiger partial charge is 0.489 e. The molecule has 0 aliphatic heterocycles. The molecule has 3 N–H and O–H groups in total. The summed E-state index contributed by atoms with van der Waals surface area (Å²) in [6.45, 7) is 6.27. The number of carbonyl (C=O) groups excluding carboxylic acids is 2. The molecule has 0 fully saturated rings. The van der Waals surface area contributed by atoms with Crippen molar-refractivity contribution in [3.05, 3.63) is 90.8 Å². The third kappa shape index (κ3) is 7.68. The van der Waals surface area contributed by atoms with Crippen LogP contribution in [0.3, 0.4) is 0 Å². The molecule has 0 aliphatic carbocycles. The van der Waals surface area contributed by atoms with Crippen LogP contribution in [0, 0.1) is 11.6 Å². The number of amides is 3. The van der Waals surface area contributed by atoms with Gasteiger partial charge in [-0.25, -0.2) is 28.5 Å². The molecule has 0 bridgehead atoms. The third-order valence-electron chi connectivity index (χ3n) is 6.46. The minimum atomic E-state index is -0.759. The van der Waals surface area contributed by atoms with E-state index in [9.17, 15) is 14.0 Å². The standard InChI is InChI=1S/C32H31F2N7O4/c1-4-5-12-35-32(43)40-26-14-23-25(15-29(26)44-19(2)3)36-17-37-31(23)45-28-11-8-21(13-24(28)34)39-30(42)27-16-41(18-38-27)22-9-6-20(33)7-10-22/h6-11,13-19H,4-5,12H2,1-3H3,(H,39,42)(H2,35,40,43). The smallest absolute Gasteiger partial charge is 0.319 e. The number of urea groups is 1. The number of hydrogen-bond acceptors (Lipinski definition) is 7. The number of nitrogens with one attached hydrogen (secondary N) is 3. The van der Waals surface area contributed by atoms with Gasteiger partial charge in [-0.1, -0.05) is 13.3 Å². The van der Waals surface area contributed by atoms with E-state index < -0.39 is 17.8 Å². The monoisotopic (exact) mass is 615 g/mol. The lowest BCUT2D eigenvalue weighted by Crippen LogP contribution is -2.29. The molecule has 3 amide bonds.